The summed E-state index contributed by atoms with van der Waals surface area (Å²) in [6, 6.07) is 18.5. The Morgan fingerprint density at radius 2 is 1.67 bits per heavy atom. The number of aryl methyl sites for hydroxylation is 1. The van der Waals surface area contributed by atoms with Crippen LogP contribution in [0.5, 0.6) is 0 Å². The lowest BCUT2D eigenvalue weighted by Gasteiger charge is -2.36. The van der Waals surface area contributed by atoms with Gasteiger partial charge >= 0.3 is 5.97 Å². The minimum atomic E-state index is -0.798. The molecule has 1 N–H and O–H groups in total. The van der Waals surface area contributed by atoms with E-state index in [2.05, 4.69) is 5.32 Å². The van der Waals surface area contributed by atoms with Gasteiger partial charge in [0, 0.05) is 56.5 Å². The van der Waals surface area contributed by atoms with E-state index in [0.29, 0.717) is 49.2 Å². The normalized spacial score (nSPS) is 16.5. The van der Waals surface area contributed by atoms with Crippen LogP contribution in [-0.2, 0) is 20.9 Å². The van der Waals surface area contributed by atoms with Gasteiger partial charge in [-0.25, -0.2) is 4.79 Å². The molecule has 232 valence electrons. The second-order valence-electron chi connectivity index (χ2n) is 11.1. The van der Waals surface area contributed by atoms with Gasteiger partial charge in [-0.2, -0.15) is 0 Å². The number of benzene rings is 3. The number of hydrogen-bond donors (Lipinski definition) is 1. The smallest absolute Gasteiger partial charge is 0.338 e. The molecule has 1 atom stereocenters. The number of imide groups is 1. The Morgan fingerprint density at radius 1 is 0.956 bits per heavy atom. The highest BCUT2D eigenvalue weighted by Crippen LogP contribution is 2.24. The van der Waals surface area contributed by atoms with E-state index in [1.807, 2.05) is 35.2 Å². The van der Waals surface area contributed by atoms with E-state index >= 15 is 0 Å². The lowest BCUT2D eigenvalue weighted by Crippen LogP contribution is -2.53. The molecular formula is C34H34N4O7. The summed E-state index contributed by atoms with van der Waals surface area (Å²) in [4.78, 5) is 79.9. The van der Waals surface area contributed by atoms with Crippen LogP contribution in [0, 0.1) is 6.92 Å². The largest absolute Gasteiger partial charge is 0.457 e. The molecule has 0 spiro atoms. The first kappa shape index (κ1) is 31.1. The van der Waals surface area contributed by atoms with Crippen molar-refractivity contribution in [3.63, 3.8) is 0 Å². The van der Waals surface area contributed by atoms with Crippen molar-refractivity contribution in [2.75, 3.05) is 38.1 Å². The number of rotatable bonds is 8. The van der Waals surface area contributed by atoms with E-state index in [9.17, 15) is 28.8 Å². The standard InChI is InChI=1S/C34H34N4O7/c1-22-18-24(34(44)45-21-23-6-4-3-5-7-23)8-10-27(22)33(43)38-16-14-37(15-17-38)26-9-11-28(25(19-26)20-39)32(42)36(2)29-12-13-30(40)35-31(29)41/h3-11,18-20,29H,12-17,21H2,1-2H3,(H,35,40,41). The molecular weight excluding hydrogens is 576 g/mol. The molecule has 11 nitrogen and oxygen atoms in total. The first-order valence-corrected chi connectivity index (χ1v) is 14.7. The summed E-state index contributed by atoms with van der Waals surface area (Å²) in [5.41, 5.74) is 3.53. The molecule has 45 heavy (non-hydrogen) atoms. The first-order valence-electron chi connectivity index (χ1n) is 14.7. The Kier molecular flexibility index (Phi) is 9.36. The number of amides is 4. The van der Waals surface area contributed by atoms with Crippen LogP contribution in [-0.4, -0.2) is 85.0 Å². The minimum absolute atomic E-state index is 0.136. The van der Waals surface area contributed by atoms with Gasteiger partial charge in [0.1, 0.15) is 12.6 Å². The number of esters is 1. The first-order chi connectivity index (χ1) is 21.7. The SMILES string of the molecule is Cc1cc(C(=O)OCc2ccccc2)ccc1C(=O)N1CCN(c2ccc(C(=O)N(C)C3CCC(=O)NC3=O)c(C=O)c2)CC1. The zero-order valence-corrected chi connectivity index (χ0v) is 25.2. The van der Waals surface area contributed by atoms with Crippen LogP contribution < -0.4 is 10.2 Å². The number of carbonyl (C=O) groups excluding carboxylic acids is 6. The number of aldehydes is 1. The summed E-state index contributed by atoms with van der Waals surface area (Å²) in [5.74, 6) is -1.99. The Balaban J connectivity index is 1.19. The third-order valence-corrected chi connectivity index (χ3v) is 8.23. The van der Waals surface area contributed by atoms with Gasteiger partial charge in [-0.15, -0.1) is 0 Å². The fourth-order valence-electron chi connectivity index (χ4n) is 5.60. The van der Waals surface area contributed by atoms with Crippen LogP contribution in [0.25, 0.3) is 0 Å². The maximum atomic E-state index is 13.4. The van der Waals surface area contributed by atoms with Crippen molar-refractivity contribution in [3.05, 3.63) is 100 Å². The third kappa shape index (κ3) is 6.93. The molecule has 4 amide bonds. The summed E-state index contributed by atoms with van der Waals surface area (Å²) >= 11 is 0. The maximum Gasteiger partial charge on any atom is 0.338 e. The van der Waals surface area contributed by atoms with Gasteiger partial charge in [0.25, 0.3) is 11.8 Å². The molecule has 2 heterocycles. The molecule has 0 saturated carbocycles. The molecule has 5 rings (SSSR count). The van der Waals surface area contributed by atoms with Crippen molar-refractivity contribution < 1.29 is 33.5 Å². The molecule has 2 saturated heterocycles. The van der Waals surface area contributed by atoms with Crippen LogP contribution >= 0.6 is 0 Å². The van der Waals surface area contributed by atoms with E-state index in [1.165, 1.54) is 11.9 Å². The van der Waals surface area contributed by atoms with Crippen molar-refractivity contribution in [2.45, 2.75) is 32.4 Å². The van der Waals surface area contributed by atoms with Gasteiger partial charge in [0.15, 0.2) is 6.29 Å². The molecule has 1 unspecified atom stereocenters. The number of hydrogen-bond acceptors (Lipinski definition) is 8. The van der Waals surface area contributed by atoms with Crippen LogP contribution in [0.1, 0.15) is 65.4 Å². The predicted octanol–water partition coefficient (Wildman–Crippen LogP) is 3.00. The van der Waals surface area contributed by atoms with Crippen LogP contribution in [0.15, 0.2) is 66.7 Å². The Morgan fingerprint density at radius 3 is 2.33 bits per heavy atom. The van der Waals surface area contributed by atoms with E-state index in [1.54, 1.807) is 48.2 Å². The van der Waals surface area contributed by atoms with Crippen molar-refractivity contribution >= 4 is 41.6 Å². The topological polar surface area (TPSA) is 133 Å². The highest BCUT2D eigenvalue weighted by atomic mass is 16.5. The zero-order chi connectivity index (χ0) is 32.1. The summed E-state index contributed by atoms with van der Waals surface area (Å²) in [7, 11) is 1.48. The van der Waals surface area contributed by atoms with Gasteiger partial charge in [-0.3, -0.25) is 29.3 Å². The van der Waals surface area contributed by atoms with Crippen molar-refractivity contribution in [2.24, 2.45) is 0 Å². The summed E-state index contributed by atoms with van der Waals surface area (Å²) in [6.07, 6.45) is 0.963. The van der Waals surface area contributed by atoms with Crippen LogP contribution in [0.2, 0.25) is 0 Å². The summed E-state index contributed by atoms with van der Waals surface area (Å²) < 4.78 is 5.41. The number of nitrogens with zero attached hydrogens (tertiary/aromatic N) is 3. The molecule has 3 aromatic carbocycles. The van der Waals surface area contributed by atoms with Gasteiger partial charge in [-0.05, 0) is 60.9 Å². The molecule has 2 aliphatic heterocycles. The van der Waals surface area contributed by atoms with E-state index in [-0.39, 0.29) is 42.4 Å². The maximum absolute atomic E-state index is 13.4. The lowest BCUT2D eigenvalue weighted by atomic mass is 10.0. The minimum Gasteiger partial charge on any atom is -0.457 e. The van der Waals surface area contributed by atoms with Gasteiger partial charge < -0.3 is 19.4 Å². The number of piperidine rings is 1. The number of anilines is 1. The van der Waals surface area contributed by atoms with Crippen molar-refractivity contribution in [1.82, 2.24) is 15.1 Å². The third-order valence-electron chi connectivity index (χ3n) is 8.23. The second kappa shape index (κ2) is 13.5. The van der Waals surface area contributed by atoms with E-state index in [0.717, 1.165) is 11.3 Å². The van der Waals surface area contributed by atoms with Crippen LogP contribution in [0.3, 0.4) is 0 Å². The van der Waals surface area contributed by atoms with E-state index in [4.69, 9.17) is 4.74 Å². The van der Waals surface area contributed by atoms with Gasteiger partial charge in [0.2, 0.25) is 11.8 Å². The summed E-state index contributed by atoms with van der Waals surface area (Å²) in [6.45, 7) is 3.85. The monoisotopic (exact) mass is 610 g/mol. The van der Waals surface area contributed by atoms with Crippen LogP contribution in [0.4, 0.5) is 5.69 Å². The molecule has 2 fully saturated rings. The van der Waals surface area contributed by atoms with Gasteiger partial charge in [-0.1, -0.05) is 30.3 Å². The highest BCUT2D eigenvalue weighted by Gasteiger charge is 2.33. The summed E-state index contributed by atoms with van der Waals surface area (Å²) in [5, 5.41) is 2.24. The molecule has 0 aromatic heterocycles. The number of carbonyl (C=O) groups is 6. The highest BCUT2D eigenvalue weighted by molar-refractivity contribution is 6.06. The molecule has 0 bridgehead atoms. The number of piperazine rings is 1. The molecule has 3 aromatic rings. The lowest BCUT2D eigenvalue weighted by molar-refractivity contribution is -0.136. The fraction of sp³-hybridized carbons (Fsp3) is 0.294. The van der Waals surface area contributed by atoms with Crippen molar-refractivity contribution in [3.8, 4) is 0 Å². The van der Waals surface area contributed by atoms with E-state index < -0.39 is 23.8 Å². The Labute approximate surface area is 260 Å². The quantitative estimate of drug-likeness (QED) is 0.234. The molecule has 11 heteroatoms. The number of nitrogens with one attached hydrogen (secondary N) is 1. The Hall–Kier alpha value is -5.32. The fourth-order valence-corrected chi connectivity index (χ4v) is 5.60. The molecule has 0 radical (unpaired) electrons. The Bertz CT molecular complexity index is 1650. The average Bonchev–Trinajstić information content (AvgIpc) is 3.06. The van der Waals surface area contributed by atoms with Gasteiger partial charge in [0.05, 0.1) is 11.1 Å². The predicted molar refractivity (Wildman–Crippen MR) is 165 cm³/mol. The number of ether oxygens (including phenoxy) is 1. The number of likely N-dealkylation sites (N-methyl/N-ethyl adjacent to an activating group) is 1. The molecule has 0 aliphatic carbocycles. The average molecular weight is 611 g/mol. The molecule has 2 aliphatic rings. The second-order valence-corrected chi connectivity index (χ2v) is 11.1. The zero-order valence-electron chi connectivity index (χ0n) is 25.2. The van der Waals surface area contributed by atoms with Crippen molar-refractivity contribution in [1.29, 1.82) is 0 Å².